The van der Waals surface area contributed by atoms with Crippen LogP contribution in [0.25, 0.3) is 0 Å². The highest BCUT2D eigenvalue weighted by atomic mass is 79.9. The van der Waals surface area contributed by atoms with Gasteiger partial charge in [-0.1, -0.05) is 39.4 Å². The second kappa shape index (κ2) is 4.92. The molecule has 0 aliphatic carbocycles. The van der Waals surface area contributed by atoms with Crippen LogP contribution >= 0.6 is 27.5 Å². The Kier molecular flexibility index (Phi) is 3.83. The first-order chi connectivity index (χ1) is 6.27. The van der Waals surface area contributed by atoms with Crippen molar-refractivity contribution in [2.24, 2.45) is 0 Å². The maximum Gasteiger partial charge on any atom is 0.0992 e. The van der Waals surface area contributed by atoms with Gasteiger partial charge in [-0.2, -0.15) is 5.26 Å². The molecule has 13 heavy (non-hydrogen) atoms. The van der Waals surface area contributed by atoms with Crippen molar-refractivity contribution in [3.63, 3.8) is 0 Å². The smallest absolute Gasteiger partial charge is 0.0992 e. The molecule has 0 aliphatic heterocycles. The van der Waals surface area contributed by atoms with Crippen molar-refractivity contribution < 1.29 is 0 Å². The molecule has 0 saturated heterocycles. The zero-order valence-electron chi connectivity index (χ0n) is 6.64. The van der Waals surface area contributed by atoms with Gasteiger partial charge in [0.2, 0.25) is 0 Å². The second-order valence-corrected chi connectivity index (χ2v) is 3.21. The van der Waals surface area contributed by atoms with Crippen LogP contribution in [-0.2, 0) is 0 Å². The third kappa shape index (κ3) is 2.77. The summed E-state index contributed by atoms with van der Waals surface area (Å²) in [5.41, 5.74) is 1.30. The fraction of sp³-hybridized carbons (Fsp3) is 0.100. The van der Waals surface area contributed by atoms with E-state index in [4.69, 9.17) is 16.9 Å². The summed E-state index contributed by atoms with van der Waals surface area (Å²) in [6.07, 6.45) is 0. The van der Waals surface area contributed by atoms with Crippen LogP contribution in [0.1, 0.15) is 11.1 Å². The molecule has 1 aromatic rings. The molecule has 0 aromatic heterocycles. The Morgan fingerprint density at radius 1 is 1.46 bits per heavy atom. The van der Waals surface area contributed by atoms with Gasteiger partial charge in [-0.3, -0.25) is 0 Å². The minimum absolute atomic E-state index is 0.521. The minimum Gasteiger partial charge on any atom is -0.192 e. The molecule has 0 aliphatic rings. The summed E-state index contributed by atoms with van der Waals surface area (Å²) in [5, 5.41) is 9.71. The van der Waals surface area contributed by atoms with Gasteiger partial charge in [0.25, 0.3) is 0 Å². The molecule has 0 radical (unpaired) electrons. The van der Waals surface area contributed by atoms with E-state index in [1.165, 1.54) is 0 Å². The van der Waals surface area contributed by atoms with E-state index in [2.05, 4.69) is 27.8 Å². The summed E-state index contributed by atoms with van der Waals surface area (Å²) >= 11 is 9.07. The topological polar surface area (TPSA) is 23.8 Å². The van der Waals surface area contributed by atoms with E-state index in [-0.39, 0.29) is 0 Å². The molecule has 0 unspecified atom stereocenters. The van der Waals surface area contributed by atoms with Crippen LogP contribution in [0.15, 0.2) is 18.2 Å². The first-order valence-electron chi connectivity index (χ1n) is 3.52. The van der Waals surface area contributed by atoms with Gasteiger partial charge in [-0.25, -0.2) is 0 Å². The quantitative estimate of drug-likeness (QED) is 0.516. The average Bonchev–Trinajstić information content (AvgIpc) is 2.16. The van der Waals surface area contributed by atoms with Crippen LogP contribution in [0, 0.1) is 23.2 Å². The van der Waals surface area contributed by atoms with Gasteiger partial charge in [0, 0.05) is 5.56 Å². The Morgan fingerprint density at radius 3 is 2.77 bits per heavy atom. The Morgan fingerprint density at radius 2 is 2.23 bits per heavy atom. The predicted molar refractivity (Wildman–Crippen MR) is 56.8 cm³/mol. The van der Waals surface area contributed by atoms with E-state index >= 15 is 0 Å². The monoisotopic (exact) mass is 253 g/mol. The maximum absolute atomic E-state index is 8.58. The van der Waals surface area contributed by atoms with Crippen LogP contribution in [0.2, 0.25) is 5.02 Å². The van der Waals surface area contributed by atoms with Crippen molar-refractivity contribution in [1.29, 1.82) is 5.26 Å². The minimum atomic E-state index is 0.521. The van der Waals surface area contributed by atoms with Crippen molar-refractivity contribution in [2.75, 3.05) is 5.33 Å². The number of halogens is 2. The van der Waals surface area contributed by atoms with Gasteiger partial charge >= 0.3 is 0 Å². The maximum atomic E-state index is 8.58. The van der Waals surface area contributed by atoms with Crippen LogP contribution in [0.3, 0.4) is 0 Å². The number of rotatable bonds is 0. The number of nitriles is 1. The molecule has 64 valence electrons. The molecule has 1 aromatic carbocycles. The SMILES string of the molecule is N#Cc1ccc(C#CCBr)c(Cl)c1. The van der Waals surface area contributed by atoms with Crippen molar-refractivity contribution in [1.82, 2.24) is 0 Å². The molecule has 0 atom stereocenters. The van der Waals surface area contributed by atoms with E-state index in [1.54, 1.807) is 18.2 Å². The van der Waals surface area contributed by atoms with Gasteiger partial charge < -0.3 is 0 Å². The first-order valence-corrected chi connectivity index (χ1v) is 5.02. The highest BCUT2D eigenvalue weighted by molar-refractivity contribution is 9.09. The molecule has 3 heteroatoms. The van der Waals surface area contributed by atoms with E-state index in [0.717, 1.165) is 5.56 Å². The lowest BCUT2D eigenvalue weighted by Crippen LogP contribution is -1.80. The number of nitrogens with zero attached hydrogens (tertiary/aromatic N) is 1. The normalized spacial score (nSPS) is 8.38. The summed E-state index contributed by atoms with van der Waals surface area (Å²) in [7, 11) is 0. The van der Waals surface area contributed by atoms with Gasteiger partial charge in [-0.05, 0) is 18.2 Å². The summed E-state index contributed by atoms with van der Waals surface area (Å²) in [6.45, 7) is 0. The first kappa shape index (κ1) is 10.1. The highest BCUT2D eigenvalue weighted by Crippen LogP contribution is 2.16. The Hall–Kier alpha value is -0.960. The molecule has 0 N–H and O–H groups in total. The Balaban J connectivity index is 3.07. The van der Waals surface area contributed by atoms with E-state index in [9.17, 15) is 0 Å². The lowest BCUT2D eigenvalue weighted by Gasteiger charge is -1.94. The lowest BCUT2D eigenvalue weighted by atomic mass is 10.1. The second-order valence-electron chi connectivity index (χ2n) is 2.24. The molecule has 0 amide bonds. The van der Waals surface area contributed by atoms with Crippen molar-refractivity contribution in [3.05, 3.63) is 34.3 Å². The van der Waals surface area contributed by atoms with E-state index < -0.39 is 0 Å². The van der Waals surface area contributed by atoms with Crippen molar-refractivity contribution in [2.45, 2.75) is 0 Å². The number of hydrogen-bond donors (Lipinski definition) is 0. The summed E-state index contributed by atoms with van der Waals surface area (Å²) in [5.74, 6) is 5.72. The van der Waals surface area contributed by atoms with Gasteiger partial charge in [0.05, 0.1) is 22.0 Å². The van der Waals surface area contributed by atoms with Crippen molar-refractivity contribution in [3.8, 4) is 17.9 Å². The van der Waals surface area contributed by atoms with Gasteiger partial charge in [-0.15, -0.1) is 0 Å². The predicted octanol–water partition coefficient (Wildman–Crippen LogP) is 2.96. The Labute approximate surface area is 90.5 Å². The molecule has 0 fully saturated rings. The van der Waals surface area contributed by atoms with Crippen LogP contribution in [0.5, 0.6) is 0 Å². The fourth-order valence-corrected chi connectivity index (χ4v) is 1.18. The van der Waals surface area contributed by atoms with Crippen LogP contribution in [0.4, 0.5) is 0 Å². The Bertz CT molecular complexity index is 409. The van der Waals surface area contributed by atoms with Gasteiger partial charge in [0.15, 0.2) is 0 Å². The third-order valence-electron chi connectivity index (χ3n) is 1.39. The lowest BCUT2D eigenvalue weighted by molar-refractivity contribution is 1.48. The standard InChI is InChI=1S/C10H5BrClN/c11-5-1-2-9-4-3-8(7-13)6-10(9)12/h3-4,6H,5H2. The van der Waals surface area contributed by atoms with Crippen LogP contribution < -0.4 is 0 Å². The summed E-state index contributed by atoms with van der Waals surface area (Å²) in [4.78, 5) is 0. The zero-order valence-corrected chi connectivity index (χ0v) is 8.98. The number of benzene rings is 1. The summed E-state index contributed by atoms with van der Waals surface area (Å²) < 4.78 is 0. The van der Waals surface area contributed by atoms with Crippen LogP contribution in [-0.4, -0.2) is 5.33 Å². The molecular weight excluding hydrogens is 249 g/mol. The fourth-order valence-electron chi connectivity index (χ4n) is 0.815. The molecule has 0 spiro atoms. The zero-order chi connectivity index (χ0) is 9.68. The molecule has 0 heterocycles. The third-order valence-corrected chi connectivity index (χ3v) is 1.98. The average molecular weight is 255 g/mol. The highest BCUT2D eigenvalue weighted by Gasteiger charge is 1.97. The molecule has 1 nitrogen and oxygen atoms in total. The van der Waals surface area contributed by atoms with E-state index in [1.807, 2.05) is 6.07 Å². The number of alkyl halides is 1. The van der Waals surface area contributed by atoms with E-state index in [0.29, 0.717) is 15.9 Å². The number of hydrogen-bond acceptors (Lipinski definition) is 1. The van der Waals surface area contributed by atoms with Crippen molar-refractivity contribution >= 4 is 27.5 Å². The van der Waals surface area contributed by atoms with Gasteiger partial charge in [0.1, 0.15) is 0 Å². The molecule has 0 saturated carbocycles. The summed E-state index contributed by atoms with van der Waals surface area (Å²) in [6, 6.07) is 7.07. The largest absolute Gasteiger partial charge is 0.192 e. The molecule has 1 rings (SSSR count). The molecule has 0 bridgehead atoms. The molecular formula is C10H5BrClN.